The first kappa shape index (κ1) is 30.2. The number of hydrogen-bond acceptors (Lipinski definition) is 6. The molecule has 2 unspecified atom stereocenters. The van der Waals surface area contributed by atoms with Crippen molar-refractivity contribution in [3.63, 3.8) is 0 Å². The summed E-state index contributed by atoms with van der Waals surface area (Å²) in [6.07, 6.45) is -4.53. The van der Waals surface area contributed by atoms with E-state index in [9.17, 15) is 32.7 Å². The van der Waals surface area contributed by atoms with Gasteiger partial charge in [-0.25, -0.2) is 19.5 Å². The molecule has 3 amide bonds. The number of rotatable bonds is 9. The van der Waals surface area contributed by atoms with E-state index in [0.717, 1.165) is 12.1 Å². The number of quaternary nitrogens is 1. The molecule has 3 aromatic rings. The van der Waals surface area contributed by atoms with Gasteiger partial charge in [-0.1, -0.05) is 41.9 Å². The molecule has 2 N–H and O–H groups in total. The summed E-state index contributed by atoms with van der Waals surface area (Å²) < 4.78 is 48.0. The van der Waals surface area contributed by atoms with E-state index < -0.39 is 35.1 Å². The van der Waals surface area contributed by atoms with Gasteiger partial charge >= 0.3 is 24.1 Å². The maximum Gasteiger partial charge on any atom is 0.430 e. The van der Waals surface area contributed by atoms with Crippen LogP contribution in [0.25, 0.3) is 0 Å². The molecule has 2 heterocycles. The summed E-state index contributed by atoms with van der Waals surface area (Å²) in [5.74, 6) is -1.64. The van der Waals surface area contributed by atoms with E-state index in [2.05, 4.69) is 4.98 Å². The first-order chi connectivity index (χ1) is 19.3. The molecule has 0 saturated carbocycles. The second-order valence-electron chi connectivity index (χ2n) is 9.74. The highest BCUT2D eigenvalue weighted by Crippen LogP contribution is 2.39. The lowest BCUT2D eigenvalue weighted by molar-refractivity contribution is -0.724. The summed E-state index contributed by atoms with van der Waals surface area (Å²) in [5, 5.41) is 9.78. The van der Waals surface area contributed by atoms with Crippen LogP contribution in [-0.2, 0) is 27.7 Å². The number of aliphatic hydroxyl groups is 1. The lowest BCUT2D eigenvalue weighted by Gasteiger charge is -2.29. The number of aliphatic hydroxyl groups excluding tert-OH is 1. The van der Waals surface area contributed by atoms with Crippen LogP contribution in [0.15, 0.2) is 48.5 Å². The summed E-state index contributed by atoms with van der Waals surface area (Å²) in [7, 11) is 1.42. The minimum atomic E-state index is -4.69. The Kier molecular flexibility index (Phi) is 8.57. The average molecular weight is 594 g/mol. The Morgan fingerprint density at radius 1 is 1.12 bits per heavy atom. The SMILES string of the molecule is CCOC(=O)C(C)(c1cccc(C(F)(F)F)c1)c1nc2c(n1Cc1ccc(Cl)cc1)C(=O)[NH+](CCCO)C(=O)N2C. The topological polar surface area (TPSA) is 106 Å². The first-order valence-electron chi connectivity index (χ1n) is 12.8. The summed E-state index contributed by atoms with van der Waals surface area (Å²) in [6, 6.07) is 10.3. The van der Waals surface area contributed by atoms with Crippen LogP contribution < -0.4 is 9.80 Å². The maximum atomic E-state index is 13.8. The number of urea groups is 1. The molecule has 41 heavy (non-hydrogen) atoms. The number of benzene rings is 2. The fourth-order valence-corrected chi connectivity index (χ4v) is 4.97. The molecule has 1 aromatic heterocycles. The number of anilines is 1. The molecule has 0 aliphatic carbocycles. The van der Waals surface area contributed by atoms with Gasteiger partial charge in [-0.2, -0.15) is 18.1 Å². The molecular weight excluding hydrogens is 565 g/mol. The molecule has 4 rings (SSSR count). The van der Waals surface area contributed by atoms with Crippen molar-refractivity contribution in [2.24, 2.45) is 0 Å². The number of aromatic nitrogens is 2. The number of amides is 3. The normalized spacial score (nSPS) is 16.9. The third kappa shape index (κ3) is 5.59. The van der Waals surface area contributed by atoms with E-state index in [0.29, 0.717) is 10.6 Å². The zero-order valence-corrected chi connectivity index (χ0v) is 23.3. The molecule has 0 saturated heterocycles. The lowest BCUT2D eigenvalue weighted by Crippen LogP contribution is -3.19. The Balaban J connectivity index is 2.02. The Hall–Kier alpha value is -3.74. The number of nitrogens with zero attached hydrogens (tertiary/aromatic N) is 3. The van der Waals surface area contributed by atoms with Crippen LogP contribution >= 0.6 is 11.6 Å². The number of esters is 1. The molecule has 1 aliphatic heterocycles. The standard InChI is InChI=1S/C28H28ClF3N4O5/c1-4-41-25(39)27(2,18-7-5-8-19(15-18)28(30,31)32)24-33-22-21(36(24)16-17-9-11-20(29)12-10-17)23(38)35(13-6-14-37)26(40)34(22)3/h5,7-12,15,37H,4,6,13-14,16H2,1-3H3/p+1. The number of alkyl halides is 3. The highest BCUT2D eigenvalue weighted by Gasteiger charge is 2.50. The van der Waals surface area contributed by atoms with Crippen LogP contribution in [0.2, 0.25) is 5.02 Å². The van der Waals surface area contributed by atoms with Gasteiger partial charge in [0.25, 0.3) is 0 Å². The Morgan fingerprint density at radius 3 is 2.39 bits per heavy atom. The van der Waals surface area contributed by atoms with E-state index in [1.807, 2.05) is 0 Å². The lowest BCUT2D eigenvalue weighted by atomic mass is 9.80. The fourth-order valence-electron chi connectivity index (χ4n) is 4.84. The Morgan fingerprint density at radius 2 is 1.78 bits per heavy atom. The number of imide groups is 1. The van der Waals surface area contributed by atoms with E-state index in [-0.39, 0.29) is 60.5 Å². The van der Waals surface area contributed by atoms with Crippen LogP contribution in [0.4, 0.5) is 23.8 Å². The molecule has 1 aliphatic rings. The van der Waals surface area contributed by atoms with Crippen LogP contribution in [0.5, 0.6) is 0 Å². The van der Waals surface area contributed by atoms with E-state index >= 15 is 0 Å². The van der Waals surface area contributed by atoms with Crippen molar-refractivity contribution in [3.05, 3.63) is 81.8 Å². The molecule has 218 valence electrons. The number of ether oxygens (including phenoxy) is 1. The molecule has 0 fully saturated rings. The number of nitrogens with one attached hydrogen (secondary N) is 1. The van der Waals surface area contributed by atoms with Crippen molar-refractivity contribution in [1.29, 1.82) is 0 Å². The molecule has 0 radical (unpaired) electrons. The summed E-state index contributed by atoms with van der Waals surface area (Å²) in [5.41, 5.74) is -2.32. The van der Waals surface area contributed by atoms with Crippen molar-refractivity contribution in [2.75, 3.05) is 31.7 Å². The number of carbonyl (C=O) groups excluding carboxylic acids is 3. The quantitative estimate of drug-likeness (QED) is 0.368. The van der Waals surface area contributed by atoms with Crippen LogP contribution in [0, 0.1) is 0 Å². The Bertz CT molecular complexity index is 1470. The van der Waals surface area contributed by atoms with Gasteiger partial charge in [0.15, 0.2) is 11.5 Å². The van der Waals surface area contributed by atoms with Crippen LogP contribution in [0.1, 0.15) is 53.3 Å². The number of hydrogen-bond donors (Lipinski definition) is 2. The fraction of sp³-hybridized carbons (Fsp3) is 0.357. The largest absolute Gasteiger partial charge is 0.465 e. The number of halogens is 4. The minimum Gasteiger partial charge on any atom is -0.465 e. The molecule has 13 heteroatoms. The summed E-state index contributed by atoms with van der Waals surface area (Å²) in [6.45, 7) is 2.61. The number of fused-ring (bicyclic) bond motifs is 1. The predicted octanol–water partition coefficient (Wildman–Crippen LogP) is 3.45. The van der Waals surface area contributed by atoms with Crippen LogP contribution in [0.3, 0.4) is 0 Å². The smallest absolute Gasteiger partial charge is 0.430 e. The third-order valence-electron chi connectivity index (χ3n) is 7.06. The Labute approximate surface area is 239 Å². The van der Waals surface area contributed by atoms with Crippen molar-refractivity contribution in [3.8, 4) is 0 Å². The molecule has 2 atom stereocenters. The van der Waals surface area contributed by atoms with Crippen molar-refractivity contribution in [1.82, 2.24) is 9.55 Å². The molecule has 0 bridgehead atoms. The summed E-state index contributed by atoms with van der Waals surface area (Å²) >= 11 is 6.05. The zero-order valence-electron chi connectivity index (χ0n) is 22.6. The first-order valence-corrected chi connectivity index (χ1v) is 13.2. The predicted molar refractivity (Wildman–Crippen MR) is 143 cm³/mol. The molecule has 9 nitrogen and oxygen atoms in total. The van der Waals surface area contributed by atoms with Crippen molar-refractivity contribution >= 4 is 35.3 Å². The third-order valence-corrected chi connectivity index (χ3v) is 7.31. The molecule has 0 spiro atoms. The van der Waals surface area contributed by atoms with Gasteiger partial charge in [-0.15, -0.1) is 0 Å². The van der Waals surface area contributed by atoms with Gasteiger partial charge in [-0.3, -0.25) is 4.79 Å². The van der Waals surface area contributed by atoms with Crippen molar-refractivity contribution in [2.45, 2.75) is 38.4 Å². The van der Waals surface area contributed by atoms with Gasteiger partial charge in [0.05, 0.1) is 18.7 Å². The highest BCUT2D eigenvalue weighted by atomic mass is 35.5. The minimum absolute atomic E-state index is 0.00216. The second-order valence-corrected chi connectivity index (χ2v) is 10.2. The maximum absolute atomic E-state index is 13.8. The zero-order chi connectivity index (χ0) is 30.1. The highest BCUT2D eigenvalue weighted by molar-refractivity contribution is 6.30. The summed E-state index contributed by atoms with van der Waals surface area (Å²) in [4.78, 5) is 46.3. The van der Waals surface area contributed by atoms with Gasteiger partial charge < -0.3 is 14.4 Å². The van der Waals surface area contributed by atoms with Gasteiger partial charge in [0, 0.05) is 31.6 Å². The van der Waals surface area contributed by atoms with E-state index in [4.69, 9.17) is 16.3 Å². The van der Waals surface area contributed by atoms with Gasteiger partial charge in [0.2, 0.25) is 0 Å². The number of carbonyl (C=O) groups is 3. The van der Waals surface area contributed by atoms with E-state index in [1.54, 1.807) is 31.2 Å². The second kappa shape index (κ2) is 11.6. The van der Waals surface area contributed by atoms with E-state index in [1.165, 1.54) is 35.6 Å². The average Bonchev–Trinajstić information content (AvgIpc) is 3.32. The van der Waals surface area contributed by atoms with Crippen molar-refractivity contribution < 1.29 is 42.3 Å². The number of imidazole rings is 1. The van der Waals surface area contributed by atoms with Gasteiger partial charge in [0.1, 0.15) is 11.2 Å². The molecule has 2 aromatic carbocycles. The van der Waals surface area contributed by atoms with Gasteiger partial charge in [-0.05, 0) is 43.2 Å². The van der Waals surface area contributed by atoms with Crippen LogP contribution in [-0.4, -0.2) is 59.4 Å². The molecular formula is C28H29ClF3N4O5+. The monoisotopic (exact) mass is 593 g/mol.